The van der Waals surface area contributed by atoms with Crippen molar-refractivity contribution >= 4 is 32.8 Å². The minimum absolute atomic E-state index is 0.559. The molecular weight excluding hydrogens is 322 g/mol. The van der Waals surface area contributed by atoms with Gasteiger partial charge in [0.05, 0.1) is 28.3 Å². The SMILES string of the molecule is N#Cc1cnn(CCNc2ncnc3[nH]c(Br)cc23)c1. The molecule has 0 amide bonds. The first-order chi connectivity index (χ1) is 9.76. The number of nitriles is 1. The number of hydrogen-bond donors (Lipinski definition) is 2. The summed E-state index contributed by atoms with van der Waals surface area (Å²) in [4.78, 5) is 11.5. The lowest BCUT2D eigenvalue weighted by molar-refractivity contribution is 0.637. The number of hydrogen-bond acceptors (Lipinski definition) is 5. The maximum atomic E-state index is 8.73. The van der Waals surface area contributed by atoms with E-state index in [1.54, 1.807) is 17.1 Å². The third kappa shape index (κ3) is 2.48. The summed E-state index contributed by atoms with van der Waals surface area (Å²) < 4.78 is 2.58. The molecule has 0 saturated heterocycles. The molecule has 20 heavy (non-hydrogen) atoms. The second-order valence-electron chi connectivity index (χ2n) is 4.13. The van der Waals surface area contributed by atoms with Crippen molar-refractivity contribution in [2.24, 2.45) is 0 Å². The molecule has 0 aliphatic carbocycles. The number of nitrogens with zero attached hydrogens (tertiary/aromatic N) is 5. The van der Waals surface area contributed by atoms with Crippen LogP contribution in [0.25, 0.3) is 11.0 Å². The Hall–Kier alpha value is -2.40. The Morgan fingerprint density at radius 2 is 2.35 bits per heavy atom. The van der Waals surface area contributed by atoms with Gasteiger partial charge in [0.1, 0.15) is 23.9 Å². The van der Waals surface area contributed by atoms with E-state index in [-0.39, 0.29) is 0 Å². The molecule has 0 saturated carbocycles. The smallest absolute Gasteiger partial charge is 0.143 e. The lowest BCUT2D eigenvalue weighted by atomic mass is 10.4. The minimum atomic E-state index is 0.559. The predicted molar refractivity (Wildman–Crippen MR) is 77.0 cm³/mol. The van der Waals surface area contributed by atoms with Gasteiger partial charge in [-0.15, -0.1) is 0 Å². The number of aromatic amines is 1. The zero-order valence-electron chi connectivity index (χ0n) is 10.3. The molecule has 0 bridgehead atoms. The van der Waals surface area contributed by atoms with E-state index in [0.717, 1.165) is 21.5 Å². The number of aromatic nitrogens is 5. The van der Waals surface area contributed by atoms with Crippen molar-refractivity contribution in [2.75, 3.05) is 11.9 Å². The van der Waals surface area contributed by atoms with E-state index in [1.165, 1.54) is 6.33 Å². The zero-order valence-corrected chi connectivity index (χ0v) is 11.9. The molecule has 2 N–H and O–H groups in total. The Bertz CT molecular complexity index is 783. The van der Waals surface area contributed by atoms with E-state index in [9.17, 15) is 0 Å². The largest absolute Gasteiger partial charge is 0.368 e. The molecule has 8 heteroatoms. The topological polar surface area (TPSA) is 95.2 Å². The summed E-state index contributed by atoms with van der Waals surface area (Å²) >= 11 is 3.38. The van der Waals surface area contributed by atoms with Gasteiger partial charge in [0.25, 0.3) is 0 Å². The van der Waals surface area contributed by atoms with Crippen LogP contribution in [0.2, 0.25) is 0 Å². The standard InChI is InChI=1S/C12H10BrN7/c13-10-3-9-11(16-7-17-12(9)19-10)15-1-2-20-6-8(4-14)5-18-20/h3,5-7H,1-2H2,(H2,15,16,17,19). The Morgan fingerprint density at radius 1 is 1.45 bits per heavy atom. The first kappa shape index (κ1) is 12.6. The van der Waals surface area contributed by atoms with Gasteiger partial charge in [0, 0.05) is 12.7 Å². The summed E-state index contributed by atoms with van der Waals surface area (Å²) in [6, 6.07) is 3.98. The first-order valence-corrected chi connectivity index (χ1v) is 6.71. The van der Waals surface area contributed by atoms with Crippen molar-refractivity contribution in [1.82, 2.24) is 24.7 Å². The van der Waals surface area contributed by atoms with Crippen molar-refractivity contribution in [2.45, 2.75) is 6.54 Å². The average Bonchev–Trinajstić information content (AvgIpc) is 3.04. The fraction of sp³-hybridized carbons (Fsp3) is 0.167. The summed E-state index contributed by atoms with van der Waals surface area (Å²) in [5.74, 6) is 0.768. The van der Waals surface area contributed by atoms with Gasteiger partial charge in [-0.1, -0.05) is 0 Å². The molecule has 0 radical (unpaired) electrons. The Kier molecular flexibility index (Phi) is 3.35. The predicted octanol–water partition coefficient (Wildman–Crippen LogP) is 1.90. The second kappa shape index (κ2) is 5.30. The summed E-state index contributed by atoms with van der Waals surface area (Å²) in [7, 11) is 0. The number of H-pyrrole nitrogens is 1. The first-order valence-electron chi connectivity index (χ1n) is 5.92. The van der Waals surface area contributed by atoms with Crippen LogP contribution in [0.4, 0.5) is 5.82 Å². The van der Waals surface area contributed by atoms with Gasteiger partial charge < -0.3 is 10.3 Å². The maximum absolute atomic E-state index is 8.73. The molecule has 3 rings (SSSR count). The molecule has 7 nitrogen and oxygen atoms in total. The third-order valence-corrected chi connectivity index (χ3v) is 3.22. The molecule has 3 aromatic heterocycles. The maximum Gasteiger partial charge on any atom is 0.143 e. The molecule has 0 unspecified atom stereocenters. The van der Waals surface area contributed by atoms with Crippen LogP contribution >= 0.6 is 15.9 Å². The number of nitrogens with one attached hydrogen (secondary N) is 2. The Morgan fingerprint density at radius 3 is 3.15 bits per heavy atom. The number of anilines is 1. The van der Waals surface area contributed by atoms with Gasteiger partial charge in [-0.2, -0.15) is 10.4 Å². The summed E-state index contributed by atoms with van der Waals surface area (Å²) in [5, 5.41) is 17.0. The van der Waals surface area contributed by atoms with Gasteiger partial charge in [-0.25, -0.2) is 9.97 Å². The van der Waals surface area contributed by atoms with E-state index in [2.05, 4.69) is 41.3 Å². The average molecular weight is 332 g/mol. The summed E-state index contributed by atoms with van der Waals surface area (Å²) in [5.41, 5.74) is 1.34. The van der Waals surface area contributed by atoms with Crippen LogP contribution in [-0.4, -0.2) is 31.3 Å². The highest BCUT2D eigenvalue weighted by Crippen LogP contribution is 2.22. The summed E-state index contributed by atoms with van der Waals surface area (Å²) in [6.45, 7) is 1.31. The fourth-order valence-electron chi connectivity index (χ4n) is 1.88. The molecule has 3 aromatic rings. The van der Waals surface area contributed by atoms with E-state index < -0.39 is 0 Å². The van der Waals surface area contributed by atoms with Gasteiger partial charge in [-0.3, -0.25) is 4.68 Å². The monoisotopic (exact) mass is 331 g/mol. The molecular formula is C12H10BrN7. The molecule has 3 heterocycles. The molecule has 0 atom stereocenters. The van der Waals surface area contributed by atoms with Crippen LogP contribution in [0.3, 0.4) is 0 Å². The highest BCUT2D eigenvalue weighted by molar-refractivity contribution is 9.10. The van der Waals surface area contributed by atoms with E-state index in [1.807, 2.05) is 12.1 Å². The van der Waals surface area contributed by atoms with Gasteiger partial charge in [0.15, 0.2) is 0 Å². The van der Waals surface area contributed by atoms with Crippen LogP contribution in [0.15, 0.2) is 29.4 Å². The van der Waals surface area contributed by atoms with E-state index in [4.69, 9.17) is 5.26 Å². The highest BCUT2D eigenvalue weighted by Gasteiger charge is 2.06. The van der Waals surface area contributed by atoms with Crippen LogP contribution in [0.5, 0.6) is 0 Å². The van der Waals surface area contributed by atoms with E-state index in [0.29, 0.717) is 18.7 Å². The number of rotatable bonds is 4. The van der Waals surface area contributed by atoms with Crippen molar-refractivity contribution in [1.29, 1.82) is 5.26 Å². The molecule has 0 aliphatic heterocycles. The van der Waals surface area contributed by atoms with Gasteiger partial charge in [0.2, 0.25) is 0 Å². The van der Waals surface area contributed by atoms with Crippen molar-refractivity contribution in [3.63, 3.8) is 0 Å². The highest BCUT2D eigenvalue weighted by atomic mass is 79.9. The van der Waals surface area contributed by atoms with E-state index >= 15 is 0 Å². The molecule has 0 spiro atoms. The Balaban J connectivity index is 1.69. The van der Waals surface area contributed by atoms with Crippen LogP contribution < -0.4 is 5.32 Å². The van der Waals surface area contributed by atoms with Gasteiger partial charge in [-0.05, 0) is 22.0 Å². The fourth-order valence-corrected chi connectivity index (χ4v) is 2.30. The summed E-state index contributed by atoms with van der Waals surface area (Å²) in [6.07, 6.45) is 4.77. The lowest BCUT2D eigenvalue weighted by Crippen LogP contribution is -2.11. The van der Waals surface area contributed by atoms with Crippen molar-refractivity contribution in [3.8, 4) is 6.07 Å². The number of fused-ring (bicyclic) bond motifs is 1. The molecule has 0 aliphatic rings. The van der Waals surface area contributed by atoms with Gasteiger partial charge >= 0.3 is 0 Å². The van der Waals surface area contributed by atoms with Crippen LogP contribution in [-0.2, 0) is 6.54 Å². The third-order valence-electron chi connectivity index (χ3n) is 2.79. The van der Waals surface area contributed by atoms with Crippen molar-refractivity contribution < 1.29 is 0 Å². The lowest BCUT2D eigenvalue weighted by Gasteiger charge is -2.06. The second-order valence-corrected chi connectivity index (χ2v) is 4.99. The number of halogens is 1. The normalized spacial score (nSPS) is 10.6. The molecule has 100 valence electrons. The Labute approximate surface area is 122 Å². The van der Waals surface area contributed by atoms with Crippen LogP contribution in [0.1, 0.15) is 5.56 Å². The van der Waals surface area contributed by atoms with Crippen LogP contribution in [0, 0.1) is 11.3 Å². The molecule has 0 fully saturated rings. The quantitative estimate of drug-likeness (QED) is 0.761. The minimum Gasteiger partial charge on any atom is -0.368 e. The zero-order chi connectivity index (χ0) is 13.9. The van der Waals surface area contributed by atoms with Crippen molar-refractivity contribution in [3.05, 3.63) is 35.0 Å². The molecule has 0 aromatic carbocycles.